The largest absolute Gasteiger partial charge is 0.451 e. The number of para-hydroxylation sites is 1. The van der Waals surface area contributed by atoms with Crippen molar-refractivity contribution in [3.8, 4) is 0 Å². The molecule has 0 saturated heterocycles. The van der Waals surface area contributed by atoms with E-state index in [0.717, 1.165) is 17.0 Å². The Morgan fingerprint density at radius 1 is 1.11 bits per heavy atom. The molecule has 0 spiro atoms. The molecule has 7 nitrogen and oxygen atoms in total. The molecule has 0 amide bonds. The van der Waals surface area contributed by atoms with Gasteiger partial charge in [0.2, 0.25) is 15.8 Å². The van der Waals surface area contributed by atoms with E-state index in [4.69, 9.17) is 9.88 Å². The molecule has 146 valence electrons. The van der Waals surface area contributed by atoms with E-state index in [1.807, 2.05) is 24.3 Å². The highest BCUT2D eigenvalue weighted by molar-refractivity contribution is 7.89. The maximum absolute atomic E-state index is 12.9. The van der Waals surface area contributed by atoms with Crippen LogP contribution in [0.3, 0.4) is 0 Å². The predicted octanol–water partition coefficient (Wildman–Crippen LogP) is 2.86. The molecule has 0 fully saturated rings. The SMILES string of the molecule is Cc1ccc(C(=O)OC(C)C(=O)c2c(C)[nH]c3ccccc23)cc1S(N)(=O)=O. The smallest absolute Gasteiger partial charge is 0.338 e. The van der Waals surface area contributed by atoms with Crippen molar-refractivity contribution in [2.75, 3.05) is 0 Å². The highest BCUT2D eigenvalue weighted by Gasteiger charge is 2.25. The fourth-order valence-corrected chi connectivity index (χ4v) is 3.92. The topological polar surface area (TPSA) is 119 Å². The maximum Gasteiger partial charge on any atom is 0.338 e. The van der Waals surface area contributed by atoms with Gasteiger partial charge in [-0.15, -0.1) is 0 Å². The van der Waals surface area contributed by atoms with E-state index >= 15 is 0 Å². The number of hydrogen-bond acceptors (Lipinski definition) is 5. The summed E-state index contributed by atoms with van der Waals surface area (Å²) < 4.78 is 28.6. The fourth-order valence-electron chi connectivity index (χ4n) is 3.11. The first-order valence-electron chi connectivity index (χ1n) is 8.55. The number of carbonyl (C=O) groups is 2. The van der Waals surface area contributed by atoms with Crippen LogP contribution < -0.4 is 5.14 Å². The maximum atomic E-state index is 12.9. The number of nitrogens with two attached hydrogens (primary N) is 1. The second-order valence-corrected chi connectivity index (χ2v) is 8.14. The number of H-pyrrole nitrogens is 1. The van der Waals surface area contributed by atoms with Gasteiger partial charge in [0.15, 0.2) is 6.10 Å². The summed E-state index contributed by atoms with van der Waals surface area (Å²) in [7, 11) is -3.98. The molecule has 0 saturated carbocycles. The Morgan fingerprint density at radius 3 is 2.46 bits per heavy atom. The Balaban J connectivity index is 1.86. The van der Waals surface area contributed by atoms with Crippen molar-refractivity contribution in [2.45, 2.75) is 31.8 Å². The van der Waals surface area contributed by atoms with Gasteiger partial charge in [0.1, 0.15) is 0 Å². The third-order valence-electron chi connectivity index (χ3n) is 4.52. The van der Waals surface area contributed by atoms with E-state index in [0.29, 0.717) is 16.8 Å². The summed E-state index contributed by atoms with van der Waals surface area (Å²) in [5.41, 5.74) is 2.38. The van der Waals surface area contributed by atoms with E-state index in [-0.39, 0.29) is 16.2 Å². The minimum absolute atomic E-state index is 0.00456. The number of carbonyl (C=O) groups excluding carboxylic acids is 2. The van der Waals surface area contributed by atoms with Gasteiger partial charge < -0.3 is 9.72 Å². The Bertz CT molecular complexity index is 1190. The number of aryl methyl sites for hydroxylation is 2. The van der Waals surface area contributed by atoms with Crippen LogP contribution in [0.1, 0.15) is 38.9 Å². The van der Waals surface area contributed by atoms with Crippen molar-refractivity contribution in [3.05, 3.63) is 64.8 Å². The molecule has 3 rings (SSSR count). The minimum atomic E-state index is -3.98. The van der Waals surface area contributed by atoms with Crippen LogP contribution >= 0.6 is 0 Å². The molecule has 1 unspecified atom stereocenters. The van der Waals surface area contributed by atoms with Crippen molar-refractivity contribution < 1.29 is 22.7 Å². The van der Waals surface area contributed by atoms with Gasteiger partial charge in [-0.2, -0.15) is 0 Å². The van der Waals surface area contributed by atoms with Crippen LogP contribution in [0.4, 0.5) is 0 Å². The van der Waals surface area contributed by atoms with Gasteiger partial charge in [-0.3, -0.25) is 4.79 Å². The summed E-state index contributed by atoms with van der Waals surface area (Å²) >= 11 is 0. The minimum Gasteiger partial charge on any atom is -0.451 e. The highest BCUT2D eigenvalue weighted by atomic mass is 32.2. The van der Waals surface area contributed by atoms with Gasteiger partial charge in [-0.05, 0) is 44.5 Å². The number of rotatable bonds is 5. The van der Waals surface area contributed by atoms with Crippen LogP contribution in [0.2, 0.25) is 0 Å². The summed E-state index contributed by atoms with van der Waals surface area (Å²) in [5.74, 6) is -1.15. The number of hydrogen-bond donors (Lipinski definition) is 2. The van der Waals surface area contributed by atoms with Crippen LogP contribution in [0, 0.1) is 13.8 Å². The lowest BCUT2D eigenvalue weighted by atomic mass is 10.0. The highest BCUT2D eigenvalue weighted by Crippen LogP contribution is 2.24. The molecule has 0 bridgehead atoms. The van der Waals surface area contributed by atoms with E-state index in [1.165, 1.54) is 19.1 Å². The molecule has 0 aliphatic carbocycles. The van der Waals surface area contributed by atoms with Crippen LogP contribution in [-0.4, -0.2) is 31.3 Å². The van der Waals surface area contributed by atoms with Gasteiger partial charge >= 0.3 is 5.97 Å². The van der Waals surface area contributed by atoms with Gasteiger partial charge in [0.25, 0.3) is 0 Å². The lowest BCUT2D eigenvalue weighted by Crippen LogP contribution is -2.25. The number of Topliss-reactive ketones (excluding diaryl/α,β-unsaturated/α-hetero) is 1. The molecule has 3 aromatic rings. The first kappa shape index (κ1) is 19.8. The first-order valence-corrected chi connectivity index (χ1v) is 10.1. The number of ether oxygens (including phenoxy) is 1. The third-order valence-corrected chi connectivity index (χ3v) is 5.58. The second-order valence-electron chi connectivity index (χ2n) is 6.61. The molecule has 0 radical (unpaired) electrons. The lowest BCUT2D eigenvalue weighted by Gasteiger charge is -2.13. The number of benzene rings is 2. The van der Waals surface area contributed by atoms with Gasteiger partial charge in [0, 0.05) is 22.2 Å². The zero-order valence-corrected chi connectivity index (χ0v) is 16.5. The number of aromatic nitrogens is 1. The van der Waals surface area contributed by atoms with Gasteiger partial charge in [-0.25, -0.2) is 18.4 Å². The number of nitrogens with one attached hydrogen (secondary N) is 1. The Hall–Kier alpha value is -2.97. The molecule has 28 heavy (non-hydrogen) atoms. The standard InChI is InChI=1S/C20H20N2O5S/c1-11-8-9-14(10-17(11)28(21,25)26)20(24)27-13(3)19(23)18-12(2)22-16-7-5-4-6-15(16)18/h4-10,13,22H,1-3H3,(H2,21,25,26). The molecule has 2 aromatic carbocycles. The Morgan fingerprint density at radius 2 is 1.79 bits per heavy atom. The van der Waals surface area contributed by atoms with Crippen LogP contribution in [0.5, 0.6) is 0 Å². The average molecular weight is 400 g/mol. The number of ketones is 1. The van der Waals surface area contributed by atoms with Gasteiger partial charge in [0.05, 0.1) is 10.5 Å². The molecular weight excluding hydrogens is 380 g/mol. The fraction of sp³-hybridized carbons (Fsp3) is 0.200. The van der Waals surface area contributed by atoms with Crippen molar-refractivity contribution in [2.24, 2.45) is 5.14 Å². The van der Waals surface area contributed by atoms with Crippen molar-refractivity contribution in [3.63, 3.8) is 0 Å². The number of sulfonamides is 1. The van der Waals surface area contributed by atoms with Crippen molar-refractivity contribution in [1.82, 2.24) is 4.98 Å². The molecule has 8 heteroatoms. The molecule has 0 aliphatic heterocycles. The molecule has 1 heterocycles. The van der Waals surface area contributed by atoms with Crippen LogP contribution in [0.25, 0.3) is 10.9 Å². The number of aromatic amines is 1. The zero-order valence-electron chi connectivity index (χ0n) is 15.6. The number of primary sulfonamides is 1. The van der Waals surface area contributed by atoms with Crippen molar-refractivity contribution in [1.29, 1.82) is 0 Å². The summed E-state index contributed by atoms with van der Waals surface area (Å²) in [6.07, 6.45) is -1.05. The Labute approximate surface area is 162 Å². The number of fused-ring (bicyclic) bond motifs is 1. The molecular formula is C20H20N2O5S. The van der Waals surface area contributed by atoms with Gasteiger partial charge in [-0.1, -0.05) is 24.3 Å². The zero-order chi connectivity index (χ0) is 20.6. The van der Waals surface area contributed by atoms with Crippen LogP contribution in [-0.2, 0) is 14.8 Å². The summed E-state index contributed by atoms with van der Waals surface area (Å²) in [4.78, 5) is 28.3. The van der Waals surface area contributed by atoms with E-state index in [9.17, 15) is 18.0 Å². The Kier molecular flexibility index (Phi) is 5.10. The van der Waals surface area contributed by atoms with Crippen molar-refractivity contribution >= 4 is 32.7 Å². The normalized spacial score (nSPS) is 12.7. The quantitative estimate of drug-likeness (QED) is 0.504. The summed E-state index contributed by atoms with van der Waals surface area (Å²) in [6, 6.07) is 11.4. The van der Waals surface area contributed by atoms with Crippen LogP contribution in [0.15, 0.2) is 47.4 Å². The monoisotopic (exact) mass is 400 g/mol. The molecule has 1 atom stereocenters. The molecule has 1 aromatic heterocycles. The lowest BCUT2D eigenvalue weighted by molar-refractivity contribution is 0.0319. The third kappa shape index (κ3) is 3.69. The van der Waals surface area contributed by atoms with E-state index < -0.39 is 22.1 Å². The average Bonchev–Trinajstić information content (AvgIpc) is 2.95. The summed E-state index contributed by atoms with van der Waals surface area (Å²) in [5, 5.41) is 5.92. The van der Waals surface area contributed by atoms with E-state index in [1.54, 1.807) is 13.8 Å². The molecule has 3 N–H and O–H groups in total. The predicted molar refractivity (Wildman–Crippen MR) is 105 cm³/mol. The van der Waals surface area contributed by atoms with E-state index in [2.05, 4.69) is 4.98 Å². The number of esters is 1. The molecule has 0 aliphatic rings. The first-order chi connectivity index (χ1) is 13.1. The second kappa shape index (κ2) is 7.21. The summed E-state index contributed by atoms with van der Waals surface area (Å²) in [6.45, 7) is 4.83.